The van der Waals surface area contributed by atoms with E-state index in [2.05, 4.69) is 18.4 Å². The lowest BCUT2D eigenvalue weighted by Crippen LogP contribution is -1.92. The molecule has 2 heteroatoms. The predicted molar refractivity (Wildman–Crippen MR) is 59.0 cm³/mol. The summed E-state index contributed by atoms with van der Waals surface area (Å²) in [6, 6.07) is 6.95. The van der Waals surface area contributed by atoms with E-state index < -0.39 is 6.10 Å². The third-order valence-electron chi connectivity index (χ3n) is 1.61. The molecule has 14 heavy (non-hydrogen) atoms. The normalized spacial score (nSPS) is 11.4. The van der Waals surface area contributed by atoms with Gasteiger partial charge in [0.05, 0.1) is 0 Å². The molecule has 1 rings (SSSR count). The molecule has 0 radical (unpaired) electrons. The fraction of sp³-hybridized carbons (Fsp3) is 0.167. The maximum atomic E-state index is 9.60. The van der Waals surface area contributed by atoms with Gasteiger partial charge < -0.3 is 5.11 Å². The van der Waals surface area contributed by atoms with Crippen molar-refractivity contribution in [1.82, 2.24) is 0 Å². The average Bonchev–Trinajstić information content (AvgIpc) is 2.15. The second-order valence-electron chi connectivity index (χ2n) is 3.00. The molecule has 1 aromatic rings. The molecular formula is C12H11ClO. The SMILES string of the molecule is C=C(C)C#C[C@@H](O)c1ccc(Cl)cc1. The smallest absolute Gasteiger partial charge is 0.140 e. The molecule has 72 valence electrons. The summed E-state index contributed by atoms with van der Waals surface area (Å²) in [5, 5.41) is 10.2. The number of halogens is 1. The Morgan fingerprint density at radius 2 is 2.00 bits per heavy atom. The Labute approximate surface area is 89.0 Å². The van der Waals surface area contributed by atoms with E-state index in [0.29, 0.717) is 5.02 Å². The summed E-state index contributed by atoms with van der Waals surface area (Å²) in [7, 11) is 0. The van der Waals surface area contributed by atoms with Gasteiger partial charge in [-0.1, -0.05) is 42.2 Å². The van der Waals surface area contributed by atoms with Crippen LogP contribution in [-0.4, -0.2) is 5.11 Å². The van der Waals surface area contributed by atoms with E-state index in [-0.39, 0.29) is 0 Å². The first-order chi connectivity index (χ1) is 6.59. The zero-order valence-electron chi connectivity index (χ0n) is 7.92. The fourth-order valence-electron chi connectivity index (χ4n) is 0.920. The van der Waals surface area contributed by atoms with Crippen molar-refractivity contribution in [3.05, 3.63) is 47.0 Å². The molecule has 0 aliphatic carbocycles. The van der Waals surface area contributed by atoms with Gasteiger partial charge in [0.1, 0.15) is 6.10 Å². The highest BCUT2D eigenvalue weighted by Crippen LogP contribution is 2.15. The van der Waals surface area contributed by atoms with E-state index in [0.717, 1.165) is 11.1 Å². The van der Waals surface area contributed by atoms with Crippen LogP contribution >= 0.6 is 11.6 Å². The summed E-state index contributed by atoms with van der Waals surface area (Å²) in [6.07, 6.45) is -0.774. The molecule has 0 fully saturated rings. The molecule has 0 aromatic heterocycles. The van der Waals surface area contributed by atoms with Crippen molar-refractivity contribution in [2.45, 2.75) is 13.0 Å². The van der Waals surface area contributed by atoms with Crippen LogP contribution in [0.5, 0.6) is 0 Å². The molecule has 0 bridgehead atoms. The Balaban J connectivity index is 2.81. The van der Waals surface area contributed by atoms with Crippen molar-refractivity contribution in [3.8, 4) is 11.8 Å². The Bertz CT molecular complexity index is 381. The summed E-state index contributed by atoms with van der Waals surface area (Å²) < 4.78 is 0. The van der Waals surface area contributed by atoms with Gasteiger partial charge in [0.2, 0.25) is 0 Å². The zero-order valence-corrected chi connectivity index (χ0v) is 8.67. The van der Waals surface area contributed by atoms with Crippen molar-refractivity contribution in [1.29, 1.82) is 0 Å². The number of allylic oxidation sites excluding steroid dienone is 1. The van der Waals surface area contributed by atoms with Gasteiger partial charge in [-0.3, -0.25) is 0 Å². The van der Waals surface area contributed by atoms with Crippen molar-refractivity contribution in [3.63, 3.8) is 0 Å². The largest absolute Gasteiger partial charge is 0.376 e. The highest BCUT2D eigenvalue weighted by Gasteiger charge is 2.01. The third kappa shape index (κ3) is 3.26. The average molecular weight is 207 g/mol. The first-order valence-electron chi connectivity index (χ1n) is 4.20. The summed E-state index contributed by atoms with van der Waals surface area (Å²) >= 11 is 5.71. The third-order valence-corrected chi connectivity index (χ3v) is 1.86. The van der Waals surface area contributed by atoms with Gasteiger partial charge in [0.25, 0.3) is 0 Å². The highest BCUT2D eigenvalue weighted by atomic mass is 35.5. The molecule has 0 saturated heterocycles. The Morgan fingerprint density at radius 1 is 1.43 bits per heavy atom. The summed E-state index contributed by atoms with van der Waals surface area (Å²) in [5.74, 6) is 5.41. The van der Waals surface area contributed by atoms with Crippen LogP contribution in [0.1, 0.15) is 18.6 Å². The van der Waals surface area contributed by atoms with Gasteiger partial charge in [0, 0.05) is 5.02 Å². The van der Waals surface area contributed by atoms with Crippen molar-refractivity contribution < 1.29 is 5.11 Å². The van der Waals surface area contributed by atoms with Crippen LogP contribution in [0.3, 0.4) is 0 Å². The van der Waals surface area contributed by atoms with Crippen molar-refractivity contribution in [2.24, 2.45) is 0 Å². The van der Waals surface area contributed by atoms with E-state index in [1.165, 1.54) is 0 Å². The standard InChI is InChI=1S/C12H11ClO/c1-9(2)3-8-12(14)10-4-6-11(13)7-5-10/h4-7,12,14H,1H2,2H3/t12-/m1/s1. The van der Waals surface area contributed by atoms with E-state index in [1.54, 1.807) is 31.2 Å². The van der Waals surface area contributed by atoms with Crippen LogP contribution in [0, 0.1) is 11.8 Å². The Hall–Kier alpha value is -1.23. The van der Waals surface area contributed by atoms with E-state index in [9.17, 15) is 5.11 Å². The van der Waals surface area contributed by atoms with Crippen LogP contribution < -0.4 is 0 Å². The van der Waals surface area contributed by atoms with E-state index in [1.807, 2.05) is 0 Å². The molecule has 0 aliphatic rings. The molecule has 1 nitrogen and oxygen atoms in total. The number of benzene rings is 1. The van der Waals surface area contributed by atoms with E-state index in [4.69, 9.17) is 11.6 Å². The number of hydrogen-bond acceptors (Lipinski definition) is 1. The minimum Gasteiger partial charge on any atom is -0.376 e. The predicted octanol–water partition coefficient (Wildman–Crippen LogP) is 2.95. The van der Waals surface area contributed by atoms with Gasteiger partial charge in [-0.15, -0.1) is 0 Å². The second-order valence-corrected chi connectivity index (χ2v) is 3.44. The minimum absolute atomic E-state index is 0.647. The number of hydrogen-bond donors (Lipinski definition) is 1. The molecule has 0 aliphatic heterocycles. The fourth-order valence-corrected chi connectivity index (χ4v) is 1.05. The molecule has 0 spiro atoms. The number of aliphatic hydroxyl groups is 1. The van der Waals surface area contributed by atoms with Gasteiger partial charge in [-0.2, -0.15) is 0 Å². The summed E-state index contributed by atoms with van der Waals surface area (Å²) in [6.45, 7) is 5.42. The molecule has 1 N–H and O–H groups in total. The van der Waals surface area contributed by atoms with Crippen LogP contribution in [0.25, 0.3) is 0 Å². The van der Waals surface area contributed by atoms with Crippen LogP contribution in [0.15, 0.2) is 36.4 Å². The number of rotatable bonds is 1. The molecule has 0 heterocycles. The highest BCUT2D eigenvalue weighted by molar-refractivity contribution is 6.30. The van der Waals surface area contributed by atoms with Gasteiger partial charge in [-0.05, 0) is 30.2 Å². The Kier molecular flexibility index (Phi) is 3.76. The van der Waals surface area contributed by atoms with Crippen molar-refractivity contribution >= 4 is 11.6 Å². The van der Waals surface area contributed by atoms with Crippen LogP contribution in [-0.2, 0) is 0 Å². The van der Waals surface area contributed by atoms with Crippen LogP contribution in [0.2, 0.25) is 5.02 Å². The van der Waals surface area contributed by atoms with E-state index >= 15 is 0 Å². The molecule has 1 atom stereocenters. The summed E-state index contributed by atoms with van der Waals surface area (Å²) in [5.41, 5.74) is 1.47. The lowest BCUT2D eigenvalue weighted by Gasteiger charge is -2.02. The van der Waals surface area contributed by atoms with Gasteiger partial charge in [0.15, 0.2) is 0 Å². The topological polar surface area (TPSA) is 20.2 Å². The molecule has 0 unspecified atom stereocenters. The first kappa shape index (κ1) is 10.8. The maximum absolute atomic E-state index is 9.60. The zero-order chi connectivity index (χ0) is 10.6. The van der Waals surface area contributed by atoms with Crippen molar-refractivity contribution in [2.75, 3.05) is 0 Å². The second kappa shape index (κ2) is 4.85. The molecule has 0 saturated carbocycles. The maximum Gasteiger partial charge on any atom is 0.140 e. The molecule has 1 aromatic carbocycles. The van der Waals surface area contributed by atoms with Gasteiger partial charge >= 0.3 is 0 Å². The monoisotopic (exact) mass is 206 g/mol. The quantitative estimate of drug-likeness (QED) is 0.701. The first-order valence-corrected chi connectivity index (χ1v) is 4.58. The lowest BCUT2D eigenvalue weighted by atomic mass is 10.1. The van der Waals surface area contributed by atoms with Crippen LogP contribution in [0.4, 0.5) is 0 Å². The van der Waals surface area contributed by atoms with Gasteiger partial charge in [-0.25, -0.2) is 0 Å². The lowest BCUT2D eigenvalue weighted by molar-refractivity contribution is 0.238. The molecule has 0 amide bonds. The number of aliphatic hydroxyl groups excluding tert-OH is 1. The molecular weight excluding hydrogens is 196 g/mol. The minimum atomic E-state index is -0.774. The Morgan fingerprint density at radius 3 is 2.50 bits per heavy atom. The summed E-state index contributed by atoms with van der Waals surface area (Å²) in [4.78, 5) is 0.